The van der Waals surface area contributed by atoms with E-state index < -0.39 is 0 Å². The number of halogens is 1. The maximum atomic E-state index is 3.74. The van der Waals surface area contributed by atoms with E-state index in [0.717, 1.165) is 0 Å². The van der Waals surface area contributed by atoms with Gasteiger partial charge in [0.15, 0.2) is 0 Å². The summed E-state index contributed by atoms with van der Waals surface area (Å²) in [5.74, 6) is 0. The summed E-state index contributed by atoms with van der Waals surface area (Å²) >= 11 is 3.59. The Morgan fingerprint density at radius 3 is 2.44 bits per heavy atom. The van der Waals surface area contributed by atoms with Crippen molar-refractivity contribution < 1.29 is 0 Å². The van der Waals surface area contributed by atoms with Gasteiger partial charge in [-0.2, -0.15) is 0 Å². The van der Waals surface area contributed by atoms with Gasteiger partial charge in [0, 0.05) is 4.47 Å². The number of allylic oxidation sites excluding steroid dienone is 1. The summed E-state index contributed by atoms with van der Waals surface area (Å²) in [6.45, 7) is 3.74. The SMILES string of the molecule is C=CCCCCCCCc1ccccc1Br. The van der Waals surface area contributed by atoms with Crippen molar-refractivity contribution >= 4 is 15.9 Å². The van der Waals surface area contributed by atoms with Crippen LogP contribution in [-0.4, -0.2) is 0 Å². The summed E-state index contributed by atoms with van der Waals surface area (Å²) in [6, 6.07) is 8.52. The molecule has 0 atom stereocenters. The first-order chi connectivity index (χ1) is 7.84. The number of unbranched alkanes of at least 4 members (excludes halogenated alkanes) is 5. The van der Waals surface area contributed by atoms with E-state index in [1.165, 1.54) is 55.0 Å². The smallest absolute Gasteiger partial charge is 0.0207 e. The predicted octanol–water partition coefficient (Wildman–Crippen LogP) is 5.52. The van der Waals surface area contributed by atoms with Crippen molar-refractivity contribution in [3.63, 3.8) is 0 Å². The monoisotopic (exact) mass is 280 g/mol. The first-order valence-electron chi connectivity index (χ1n) is 6.19. The van der Waals surface area contributed by atoms with Crippen LogP contribution in [0.5, 0.6) is 0 Å². The van der Waals surface area contributed by atoms with Crippen LogP contribution < -0.4 is 0 Å². The van der Waals surface area contributed by atoms with Crippen molar-refractivity contribution in [1.82, 2.24) is 0 Å². The maximum Gasteiger partial charge on any atom is 0.0207 e. The molecule has 1 aromatic carbocycles. The van der Waals surface area contributed by atoms with Crippen molar-refractivity contribution in [2.75, 3.05) is 0 Å². The molecule has 0 aliphatic carbocycles. The van der Waals surface area contributed by atoms with Gasteiger partial charge in [-0.1, -0.05) is 59.5 Å². The molecule has 0 saturated carbocycles. The molecule has 0 radical (unpaired) electrons. The minimum absolute atomic E-state index is 1.17. The van der Waals surface area contributed by atoms with E-state index in [-0.39, 0.29) is 0 Å². The summed E-state index contributed by atoms with van der Waals surface area (Å²) in [4.78, 5) is 0. The zero-order valence-electron chi connectivity index (χ0n) is 9.92. The number of rotatable bonds is 8. The second kappa shape index (κ2) is 8.58. The molecule has 0 aromatic heterocycles. The topological polar surface area (TPSA) is 0 Å². The molecular weight excluding hydrogens is 260 g/mol. The van der Waals surface area contributed by atoms with Gasteiger partial charge in [-0.15, -0.1) is 6.58 Å². The van der Waals surface area contributed by atoms with Crippen LogP contribution >= 0.6 is 15.9 Å². The zero-order valence-corrected chi connectivity index (χ0v) is 11.5. The quantitative estimate of drug-likeness (QED) is 0.435. The minimum Gasteiger partial charge on any atom is -0.103 e. The van der Waals surface area contributed by atoms with Crippen LogP contribution in [0.3, 0.4) is 0 Å². The number of hydrogen-bond donors (Lipinski definition) is 0. The van der Waals surface area contributed by atoms with Crippen LogP contribution in [0.15, 0.2) is 41.4 Å². The van der Waals surface area contributed by atoms with Gasteiger partial charge in [-0.05, 0) is 37.3 Å². The lowest BCUT2D eigenvalue weighted by Crippen LogP contribution is -1.87. The van der Waals surface area contributed by atoms with E-state index in [1.807, 2.05) is 6.08 Å². The van der Waals surface area contributed by atoms with Gasteiger partial charge in [0.05, 0.1) is 0 Å². The van der Waals surface area contributed by atoms with E-state index in [2.05, 4.69) is 46.8 Å². The van der Waals surface area contributed by atoms with Crippen LogP contribution in [0.4, 0.5) is 0 Å². The van der Waals surface area contributed by atoms with Crippen LogP contribution in [0, 0.1) is 0 Å². The fraction of sp³-hybridized carbons (Fsp3) is 0.467. The molecule has 0 fully saturated rings. The second-order valence-corrected chi connectivity index (χ2v) is 5.04. The number of benzene rings is 1. The molecule has 0 spiro atoms. The van der Waals surface area contributed by atoms with Gasteiger partial charge in [-0.25, -0.2) is 0 Å². The highest BCUT2D eigenvalue weighted by Crippen LogP contribution is 2.18. The Hall–Kier alpha value is -0.560. The summed E-state index contributed by atoms with van der Waals surface area (Å²) in [5, 5.41) is 0. The van der Waals surface area contributed by atoms with E-state index >= 15 is 0 Å². The molecule has 0 aliphatic rings. The third-order valence-electron chi connectivity index (χ3n) is 2.81. The van der Waals surface area contributed by atoms with Crippen LogP contribution in [0.1, 0.15) is 44.1 Å². The van der Waals surface area contributed by atoms with Crippen LogP contribution in [-0.2, 0) is 6.42 Å². The highest BCUT2D eigenvalue weighted by atomic mass is 79.9. The third-order valence-corrected chi connectivity index (χ3v) is 3.59. The van der Waals surface area contributed by atoms with Gasteiger partial charge in [0.25, 0.3) is 0 Å². The Kier molecular flexibility index (Phi) is 7.24. The van der Waals surface area contributed by atoms with Crippen LogP contribution in [0.25, 0.3) is 0 Å². The number of hydrogen-bond acceptors (Lipinski definition) is 0. The van der Waals surface area contributed by atoms with Gasteiger partial charge >= 0.3 is 0 Å². The maximum absolute atomic E-state index is 3.74. The molecule has 88 valence electrons. The average molecular weight is 281 g/mol. The molecule has 1 rings (SSSR count). The van der Waals surface area contributed by atoms with E-state index in [0.29, 0.717) is 0 Å². The molecule has 0 unspecified atom stereocenters. The molecule has 0 aliphatic heterocycles. The molecule has 0 amide bonds. The fourth-order valence-corrected chi connectivity index (χ4v) is 2.32. The third kappa shape index (κ3) is 5.50. The highest BCUT2D eigenvalue weighted by Gasteiger charge is 1.97. The summed E-state index contributed by atoms with van der Waals surface area (Å²) in [7, 11) is 0. The van der Waals surface area contributed by atoms with E-state index in [1.54, 1.807) is 0 Å². The Morgan fingerprint density at radius 2 is 1.69 bits per heavy atom. The lowest BCUT2D eigenvalue weighted by molar-refractivity contribution is 0.617. The lowest BCUT2D eigenvalue weighted by Gasteiger charge is -2.04. The predicted molar refractivity (Wildman–Crippen MR) is 75.7 cm³/mol. The zero-order chi connectivity index (χ0) is 11.6. The molecule has 1 aromatic rings. The lowest BCUT2D eigenvalue weighted by atomic mass is 10.1. The first-order valence-corrected chi connectivity index (χ1v) is 6.98. The Morgan fingerprint density at radius 1 is 1.00 bits per heavy atom. The van der Waals surface area contributed by atoms with Gasteiger partial charge < -0.3 is 0 Å². The van der Waals surface area contributed by atoms with Crippen molar-refractivity contribution in [3.8, 4) is 0 Å². The molecule has 0 heterocycles. The van der Waals surface area contributed by atoms with Crippen molar-refractivity contribution in [2.45, 2.75) is 44.9 Å². The molecule has 16 heavy (non-hydrogen) atoms. The summed E-state index contributed by atoms with van der Waals surface area (Å²) < 4.78 is 1.25. The van der Waals surface area contributed by atoms with Gasteiger partial charge in [-0.3, -0.25) is 0 Å². The van der Waals surface area contributed by atoms with E-state index in [4.69, 9.17) is 0 Å². The molecule has 1 heteroatoms. The Labute approximate surface area is 108 Å². The summed E-state index contributed by atoms with van der Waals surface area (Å²) in [5.41, 5.74) is 1.44. The molecule has 0 N–H and O–H groups in total. The molecule has 0 nitrogen and oxygen atoms in total. The normalized spacial score (nSPS) is 10.3. The fourth-order valence-electron chi connectivity index (χ4n) is 1.84. The second-order valence-electron chi connectivity index (χ2n) is 4.19. The highest BCUT2D eigenvalue weighted by molar-refractivity contribution is 9.10. The molecular formula is C15H21Br. The summed E-state index contributed by atoms with van der Waals surface area (Å²) in [6.07, 6.45) is 11.0. The first kappa shape index (κ1) is 13.5. The van der Waals surface area contributed by atoms with Crippen molar-refractivity contribution in [3.05, 3.63) is 47.0 Å². The standard InChI is InChI=1S/C15H21Br/c1-2-3-4-5-6-7-8-11-14-12-9-10-13-15(14)16/h2,9-10,12-13H,1,3-8,11H2. The minimum atomic E-state index is 1.17. The van der Waals surface area contributed by atoms with Crippen LogP contribution in [0.2, 0.25) is 0 Å². The van der Waals surface area contributed by atoms with E-state index in [9.17, 15) is 0 Å². The largest absolute Gasteiger partial charge is 0.103 e. The molecule has 0 saturated heterocycles. The van der Waals surface area contributed by atoms with Crippen molar-refractivity contribution in [2.24, 2.45) is 0 Å². The average Bonchev–Trinajstić information content (AvgIpc) is 2.30. The van der Waals surface area contributed by atoms with Crippen molar-refractivity contribution in [1.29, 1.82) is 0 Å². The number of aryl methyl sites for hydroxylation is 1. The van der Waals surface area contributed by atoms with Gasteiger partial charge in [0.1, 0.15) is 0 Å². The Balaban J connectivity index is 2.07. The van der Waals surface area contributed by atoms with Gasteiger partial charge in [0.2, 0.25) is 0 Å². The Bertz CT molecular complexity index is 304. The molecule has 0 bridgehead atoms.